The first-order valence-electron chi connectivity index (χ1n) is 8.67. The summed E-state index contributed by atoms with van der Waals surface area (Å²) in [6, 6.07) is 14.5. The molecule has 0 heterocycles. The van der Waals surface area contributed by atoms with Gasteiger partial charge in [-0.05, 0) is 55.5 Å². The van der Waals surface area contributed by atoms with Crippen molar-refractivity contribution in [1.82, 2.24) is 5.43 Å². The van der Waals surface area contributed by atoms with E-state index < -0.39 is 0 Å². The lowest BCUT2D eigenvalue weighted by molar-refractivity contribution is 0.0955. The Morgan fingerprint density at radius 2 is 2.00 bits per heavy atom. The van der Waals surface area contributed by atoms with E-state index in [0.717, 1.165) is 24.8 Å². The van der Waals surface area contributed by atoms with Gasteiger partial charge in [0.25, 0.3) is 5.91 Å². The number of ether oxygens (including phenoxy) is 1. The molecule has 0 saturated carbocycles. The first-order chi connectivity index (χ1) is 12.7. The van der Waals surface area contributed by atoms with E-state index in [0.29, 0.717) is 28.9 Å². The Labute approximate surface area is 158 Å². The Hall–Kier alpha value is -2.59. The van der Waals surface area contributed by atoms with Crippen molar-refractivity contribution in [3.05, 3.63) is 76.8 Å². The molecule has 0 bridgehead atoms. The van der Waals surface area contributed by atoms with Crippen LogP contribution in [0.25, 0.3) is 0 Å². The van der Waals surface area contributed by atoms with Crippen LogP contribution in [0.1, 0.15) is 35.2 Å². The number of hydrazone groups is 1. The average Bonchev–Trinajstić information content (AvgIpc) is 2.68. The van der Waals surface area contributed by atoms with Gasteiger partial charge in [-0.3, -0.25) is 4.79 Å². The predicted octanol–water partition coefficient (Wildman–Crippen LogP) is 4.99. The van der Waals surface area contributed by atoms with Crippen LogP contribution in [0.5, 0.6) is 5.75 Å². The van der Waals surface area contributed by atoms with Gasteiger partial charge in [0.05, 0.1) is 0 Å². The number of amides is 1. The van der Waals surface area contributed by atoms with Gasteiger partial charge in [-0.25, -0.2) is 5.43 Å². The summed E-state index contributed by atoms with van der Waals surface area (Å²) in [7, 11) is 0. The maximum absolute atomic E-state index is 12.1. The summed E-state index contributed by atoms with van der Waals surface area (Å²) in [5.74, 6) is 0.852. The molecule has 1 amide bonds. The summed E-state index contributed by atoms with van der Waals surface area (Å²) in [5.41, 5.74) is 4.04. The van der Waals surface area contributed by atoms with Crippen LogP contribution in [0, 0.1) is 5.92 Å². The second kappa shape index (κ2) is 9.20. The van der Waals surface area contributed by atoms with Crippen molar-refractivity contribution in [2.45, 2.75) is 25.9 Å². The first-order valence-corrected chi connectivity index (χ1v) is 9.05. The number of carbonyl (C=O) groups excluding carboxylic acids is 1. The van der Waals surface area contributed by atoms with Gasteiger partial charge >= 0.3 is 0 Å². The zero-order chi connectivity index (χ0) is 18.2. The highest BCUT2D eigenvalue weighted by atomic mass is 35.5. The second-order valence-corrected chi connectivity index (χ2v) is 6.58. The lowest BCUT2D eigenvalue weighted by Crippen LogP contribution is -2.18. The summed E-state index contributed by atoms with van der Waals surface area (Å²) in [6.45, 7) is 0.380. The van der Waals surface area contributed by atoms with Gasteiger partial charge in [0.2, 0.25) is 0 Å². The van der Waals surface area contributed by atoms with Gasteiger partial charge in [0.1, 0.15) is 12.4 Å². The lowest BCUT2D eigenvalue weighted by atomic mass is 9.96. The molecule has 0 unspecified atom stereocenters. The van der Waals surface area contributed by atoms with E-state index in [2.05, 4.69) is 22.7 Å². The topological polar surface area (TPSA) is 50.7 Å². The van der Waals surface area contributed by atoms with Crippen LogP contribution in [0.2, 0.25) is 5.02 Å². The van der Waals surface area contributed by atoms with E-state index in [1.165, 1.54) is 0 Å². The number of benzene rings is 2. The molecular weight excluding hydrogens is 348 g/mol. The molecule has 2 aromatic carbocycles. The summed E-state index contributed by atoms with van der Waals surface area (Å²) in [6.07, 6.45) is 9.29. The third-order valence-electron chi connectivity index (χ3n) is 4.23. The number of nitrogens with one attached hydrogen (secondary N) is 1. The minimum Gasteiger partial charge on any atom is -0.489 e. The molecule has 134 valence electrons. The molecule has 1 N–H and O–H groups in total. The summed E-state index contributed by atoms with van der Waals surface area (Å²) >= 11 is 6.11. The number of nitrogens with zero attached hydrogens (tertiary/aromatic N) is 1. The maximum atomic E-state index is 12.1. The molecule has 2 aromatic rings. The van der Waals surface area contributed by atoms with Crippen molar-refractivity contribution in [3.8, 4) is 5.75 Å². The van der Waals surface area contributed by atoms with E-state index in [-0.39, 0.29) is 5.91 Å². The highest BCUT2D eigenvalue weighted by molar-refractivity contribution is 6.31. The fourth-order valence-electron chi connectivity index (χ4n) is 2.70. The standard InChI is InChI=1S/C21H21ClN2O2/c22-20-9-5-4-8-18(20)15-26-19-12-10-17(11-13-19)21(25)24-23-14-16-6-2-1-3-7-16/h1-2,4-5,8-14,16H,3,6-7,15H2,(H,24,25)/b23-14-/t16-/m1/s1. The summed E-state index contributed by atoms with van der Waals surface area (Å²) < 4.78 is 5.72. The highest BCUT2D eigenvalue weighted by Gasteiger charge is 2.08. The van der Waals surface area contributed by atoms with Crippen LogP contribution in [0.15, 0.2) is 65.8 Å². The van der Waals surface area contributed by atoms with Crippen LogP contribution >= 0.6 is 11.6 Å². The van der Waals surface area contributed by atoms with Crippen molar-refractivity contribution < 1.29 is 9.53 Å². The van der Waals surface area contributed by atoms with Crippen molar-refractivity contribution in [2.24, 2.45) is 11.0 Å². The van der Waals surface area contributed by atoms with E-state index in [1.807, 2.05) is 30.5 Å². The molecule has 1 atom stereocenters. The molecule has 3 rings (SSSR count). The maximum Gasteiger partial charge on any atom is 0.271 e. The van der Waals surface area contributed by atoms with Gasteiger partial charge < -0.3 is 4.74 Å². The number of carbonyl (C=O) groups is 1. The fraction of sp³-hybridized carbons (Fsp3) is 0.238. The van der Waals surface area contributed by atoms with Crippen LogP contribution in [-0.4, -0.2) is 12.1 Å². The molecular formula is C21H21ClN2O2. The van der Waals surface area contributed by atoms with Gasteiger partial charge in [-0.15, -0.1) is 0 Å². The van der Waals surface area contributed by atoms with Gasteiger partial charge in [0.15, 0.2) is 0 Å². The van der Waals surface area contributed by atoms with Gasteiger partial charge in [0, 0.05) is 22.4 Å². The summed E-state index contributed by atoms with van der Waals surface area (Å²) in [5, 5.41) is 4.75. The molecule has 26 heavy (non-hydrogen) atoms. The van der Waals surface area contributed by atoms with E-state index in [9.17, 15) is 4.79 Å². The van der Waals surface area contributed by atoms with Crippen LogP contribution in [0.4, 0.5) is 0 Å². The zero-order valence-electron chi connectivity index (χ0n) is 14.4. The van der Waals surface area contributed by atoms with Crippen LogP contribution in [-0.2, 0) is 6.61 Å². The molecule has 0 radical (unpaired) electrons. The number of halogens is 1. The minimum atomic E-state index is -0.231. The molecule has 0 saturated heterocycles. The number of allylic oxidation sites excluding steroid dienone is 2. The molecule has 0 aliphatic heterocycles. The van der Waals surface area contributed by atoms with E-state index in [1.54, 1.807) is 24.3 Å². The van der Waals surface area contributed by atoms with Crippen molar-refractivity contribution in [1.29, 1.82) is 0 Å². The Bertz CT molecular complexity index is 800. The van der Waals surface area contributed by atoms with Crippen molar-refractivity contribution >= 4 is 23.7 Å². The number of hydrogen-bond donors (Lipinski definition) is 1. The lowest BCUT2D eigenvalue weighted by Gasteiger charge is -2.11. The highest BCUT2D eigenvalue weighted by Crippen LogP contribution is 2.19. The SMILES string of the molecule is O=C(N/N=C\[C@@H]1CC=CCC1)c1ccc(OCc2ccccc2Cl)cc1. The smallest absolute Gasteiger partial charge is 0.271 e. The van der Waals surface area contributed by atoms with Crippen LogP contribution in [0.3, 0.4) is 0 Å². The number of rotatable bonds is 6. The largest absolute Gasteiger partial charge is 0.489 e. The van der Waals surface area contributed by atoms with Crippen molar-refractivity contribution in [3.63, 3.8) is 0 Å². The molecule has 1 aliphatic carbocycles. The first kappa shape index (κ1) is 18.2. The molecule has 0 spiro atoms. The van der Waals surface area contributed by atoms with Crippen molar-refractivity contribution in [2.75, 3.05) is 0 Å². The fourth-order valence-corrected chi connectivity index (χ4v) is 2.89. The van der Waals surface area contributed by atoms with Crippen LogP contribution < -0.4 is 10.2 Å². The normalized spacial score (nSPS) is 16.6. The Balaban J connectivity index is 1.50. The Kier molecular flexibility index (Phi) is 6.45. The average molecular weight is 369 g/mol. The molecule has 5 heteroatoms. The second-order valence-electron chi connectivity index (χ2n) is 6.17. The molecule has 0 aromatic heterocycles. The minimum absolute atomic E-state index is 0.231. The quantitative estimate of drug-likeness (QED) is 0.443. The predicted molar refractivity (Wildman–Crippen MR) is 105 cm³/mol. The molecule has 0 fully saturated rings. The van der Waals surface area contributed by atoms with E-state index >= 15 is 0 Å². The van der Waals surface area contributed by atoms with Gasteiger partial charge in [-0.2, -0.15) is 5.10 Å². The Morgan fingerprint density at radius 1 is 1.19 bits per heavy atom. The molecule has 4 nitrogen and oxygen atoms in total. The Morgan fingerprint density at radius 3 is 2.73 bits per heavy atom. The third kappa shape index (κ3) is 5.20. The number of hydrogen-bond acceptors (Lipinski definition) is 3. The van der Waals surface area contributed by atoms with Gasteiger partial charge in [-0.1, -0.05) is 42.0 Å². The molecule has 1 aliphatic rings. The monoisotopic (exact) mass is 368 g/mol. The third-order valence-corrected chi connectivity index (χ3v) is 4.60. The van der Waals surface area contributed by atoms with E-state index in [4.69, 9.17) is 16.3 Å². The zero-order valence-corrected chi connectivity index (χ0v) is 15.2. The summed E-state index contributed by atoms with van der Waals surface area (Å²) in [4.78, 5) is 12.1.